The summed E-state index contributed by atoms with van der Waals surface area (Å²) >= 11 is 0. The zero-order valence-corrected chi connectivity index (χ0v) is 12.2. The second-order valence-corrected chi connectivity index (χ2v) is 4.40. The fourth-order valence-electron chi connectivity index (χ4n) is 1.77. The fourth-order valence-corrected chi connectivity index (χ4v) is 1.77. The molecule has 0 aliphatic heterocycles. The van der Waals surface area contributed by atoms with Gasteiger partial charge in [0.15, 0.2) is 0 Å². The van der Waals surface area contributed by atoms with Gasteiger partial charge in [-0.25, -0.2) is 14.6 Å². The van der Waals surface area contributed by atoms with E-state index in [1.54, 1.807) is 37.4 Å². The molecule has 0 atom stereocenters. The number of rotatable bonds is 6. The highest BCUT2D eigenvalue weighted by molar-refractivity contribution is 5.89. The molecule has 0 aliphatic carbocycles. The molecule has 0 saturated carbocycles. The number of carbonyl (C=O) groups excluding carboxylic acids is 2. The van der Waals surface area contributed by atoms with Crippen molar-refractivity contribution < 1.29 is 19.1 Å². The maximum absolute atomic E-state index is 11.7. The first-order valence-corrected chi connectivity index (χ1v) is 6.90. The Morgan fingerprint density at radius 2 is 2.00 bits per heavy atom. The standard InChI is InChI=1S/C16H16N2O4/c1-2-21-15(19)13-9-12(10-17-11-13)6-8-22-16(20)14-5-3-4-7-18-14/h3-5,7,9-11H,2,6,8H2,1H3. The molecule has 0 N–H and O–H groups in total. The topological polar surface area (TPSA) is 78.4 Å². The Hall–Kier alpha value is -2.76. The molecule has 0 radical (unpaired) electrons. The average Bonchev–Trinajstić information content (AvgIpc) is 2.56. The minimum atomic E-state index is -0.477. The smallest absolute Gasteiger partial charge is 0.356 e. The highest BCUT2D eigenvalue weighted by Crippen LogP contribution is 2.06. The number of pyridine rings is 2. The first-order chi connectivity index (χ1) is 10.7. The van der Waals surface area contributed by atoms with Crippen molar-refractivity contribution in [2.75, 3.05) is 13.2 Å². The SMILES string of the molecule is CCOC(=O)c1cncc(CCOC(=O)c2ccccn2)c1. The lowest BCUT2D eigenvalue weighted by molar-refractivity contribution is 0.0496. The quantitative estimate of drug-likeness (QED) is 0.760. The van der Waals surface area contributed by atoms with Gasteiger partial charge in [0.25, 0.3) is 0 Å². The molecule has 22 heavy (non-hydrogen) atoms. The van der Waals surface area contributed by atoms with Gasteiger partial charge in [-0.05, 0) is 30.7 Å². The van der Waals surface area contributed by atoms with Gasteiger partial charge in [0.05, 0.1) is 18.8 Å². The van der Waals surface area contributed by atoms with Crippen molar-refractivity contribution in [2.45, 2.75) is 13.3 Å². The van der Waals surface area contributed by atoms with E-state index in [9.17, 15) is 9.59 Å². The Kier molecular flexibility index (Phi) is 5.59. The molecule has 6 nitrogen and oxygen atoms in total. The van der Waals surface area contributed by atoms with E-state index in [0.29, 0.717) is 18.6 Å². The normalized spacial score (nSPS) is 10.0. The van der Waals surface area contributed by atoms with Crippen LogP contribution in [0.1, 0.15) is 33.3 Å². The Morgan fingerprint density at radius 1 is 1.14 bits per heavy atom. The number of nitrogens with zero attached hydrogens (tertiary/aromatic N) is 2. The number of aromatic nitrogens is 2. The number of hydrogen-bond donors (Lipinski definition) is 0. The molecule has 0 unspecified atom stereocenters. The van der Waals surface area contributed by atoms with E-state index in [-0.39, 0.29) is 12.3 Å². The largest absolute Gasteiger partial charge is 0.462 e. The highest BCUT2D eigenvalue weighted by Gasteiger charge is 2.10. The lowest BCUT2D eigenvalue weighted by Gasteiger charge is -2.06. The van der Waals surface area contributed by atoms with Gasteiger partial charge in [-0.1, -0.05) is 6.07 Å². The van der Waals surface area contributed by atoms with E-state index < -0.39 is 11.9 Å². The van der Waals surface area contributed by atoms with Crippen LogP contribution in [0.15, 0.2) is 42.9 Å². The maximum atomic E-state index is 11.7. The van der Waals surface area contributed by atoms with Crippen LogP contribution in [-0.4, -0.2) is 35.1 Å². The number of hydrogen-bond acceptors (Lipinski definition) is 6. The Morgan fingerprint density at radius 3 is 2.73 bits per heavy atom. The van der Waals surface area contributed by atoms with Crippen LogP contribution in [0, 0.1) is 0 Å². The number of ether oxygens (including phenoxy) is 2. The number of esters is 2. The molecule has 2 rings (SSSR count). The second-order valence-electron chi connectivity index (χ2n) is 4.40. The summed E-state index contributed by atoms with van der Waals surface area (Å²) in [4.78, 5) is 31.2. The van der Waals surface area contributed by atoms with Gasteiger partial charge in [-0.15, -0.1) is 0 Å². The van der Waals surface area contributed by atoms with Gasteiger partial charge in [0.1, 0.15) is 5.69 Å². The predicted octanol–water partition coefficient (Wildman–Crippen LogP) is 2.05. The van der Waals surface area contributed by atoms with Crippen molar-refractivity contribution in [1.82, 2.24) is 9.97 Å². The fraction of sp³-hybridized carbons (Fsp3) is 0.250. The molecule has 0 saturated heterocycles. The second kappa shape index (κ2) is 7.87. The molecular formula is C16H16N2O4. The highest BCUT2D eigenvalue weighted by atomic mass is 16.5. The van der Waals surface area contributed by atoms with E-state index in [4.69, 9.17) is 9.47 Å². The van der Waals surface area contributed by atoms with Crippen LogP contribution in [0.5, 0.6) is 0 Å². The summed E-state index contributed by atoms with van der Waals surface area (Å²) < 4.78 is 10.0. The van der Waals surface area contributed by atoms with Crippen LogP contribution < -0.4 is 0 Å². The monoisotopic (exact) mass is 300 g/mol. The van der Waals surface area contributed by atoms with Gasteiger partial charge in [0, 0.05) is 25.0 Å². The summed E-state index contributed by atoms with van der Waals surface area (Å²) in [6, 6.07) is 6.71. The maximum Gasteiger partial charge on any atom is 0.356 e. The third-order valence-corrected chi connectivity index (χ3v) is 2.80. The predicted molar refractivity (Wildman–Crippen MR) is 78.4 cm³/mol. The molecule has 2 aromatic rings. The molecule has 6 heteroatoms. The van der Waals surface area contributed by atoms with E-state index >= 15 is 0 Å². The van der Waals surface area contributed by atoms with Gasteiger partial charge in [0.2, 0.25) is 0 Å². The number of carbonyl (C=O) groups is 2. The van der Waals surface area contributed by atoms with Crippen molar-refractivity contribution in [2.24, 2.45) is 0 Å². The third kappa shape index (κ3) is 4.37. The summed E-state index contributed by atoms with van der Waals surface area (Å²) in [5.41, 5.74) is 1.44. The van der Waals surface area contributed by atoms with Crippen LogP contribution in [0.2, 0.25) is 0 Å². The van der Waals surface area contributed by atoms with E-state index in [2.05, 4.69) is 9.97 Å². The summed E-state index contributed by atoms with van der Waals surface area (Å²) in [6.45, 7) is 2.24. The van der Waals surface area contributed by atoms with Crippen molar-refractivity contribution in [3.63, 3.8) is 0 Å². The van der Waals surface area contributed by atoms with Crippen molar-refractivity contribution in [1.29, 1.82) is 0 Å². The van der Waals surface area contributed by atoms with Crippen LogP contribution in [0.4, 0.5) is 0 Å². The summed E-state index contributed by atoms with van der Waals surface area (Å²) in [5.74, 6) is -0.891. The summed E-state index contributed by atoms with van der Waals surface area (Å²) in [5, 5.41) is 0. The average molecular weight is 300 g/mol. The lowest BCUT2D eigenvalue weighted by Crippen LogP contribution is -2.10. The van der Waals surface area contributed by atoms with E-state index in [0.717, 1.165) is 5.56 Å². The lowest BCUT2D eigenvalue weighted by atomic mass is 10.1. The summed E-state index contributed by atoms with van der Waals surface area (Å²) in [7, 11) is 0. The third-order valence-electron chi connectivity index (χ3n) is 2.80. The molecule has 2 heterocycles. The Balaban J connectivity index is 1.88. The first-order valence-electron chi connectivity index (χ1n) is 6.90. The van der Waals surface area contributed by atoms with Gasteiger partial charge in [-0.3, -0.25) is 4.98 Å². The van der Waals surface area contributed by atoms with Crippen LogP contribution in [0.25, 0.3) is 0 Å². The van der Waals surface area contributed by atoms with Gasteiger partial charge in [-0.2, -0.15) is 0 Å². The van der Waals surface area contributed by atoms with Crippen LogP contribution in [0.3, 0.4) is 0 Å². The minimum absolute atomic E-state index is 0.184. The van der Waals surface area contributed by atoms with Gasteiger partial charge >= 0.3 is 11.9 Å². The Bertz CT molecular complexity index is 644. The molecule has 0 aromatic carbocycles. The molecule has 0 aliphatic rings. The van der Waals surface area contributed by atoms with E-state index in [1.165, 1.54) is 12.4 Å². The van der Waals surface area contributed by atoms with Crippen molar-refractivity contribution in [3.05, 3.63) is 59.7 Å². The zero-order chi connectivity index (χ0) is 15.8. The molecule has 0 spiro atoms. The van der Waals surface area contributed by atoms with Crippen molar-refractivity contribution >= 4 is 11.9 Å². The molecule has 0 bridgehead atoms. The molecule has 2 aromatic heterocycles. The molecule has 114 valence electrons. The summed E-state index contributed by atoms with van der Waals surface area (Å²) in [6.07, 6.45) is 5.06. The van der Waals surface area contributed by atoms with E-state index in [1.807, 2.05) is 0 Å². The molecule has 0 fully saturated rings. The van der Waals surface area contributed by atoms with Crippen LogP contribution in [-0.2, 0) is 15.9 Å². The first kappa shape index (κ1) is 15.6. The van der Waals surface area contributed by atoms with Gasteiger partial charge < -0.3 is 9.47 Å². The van der Waals surface area contributed by atoms with Crippen LogP contribution >= 0.6 is 0 Å². The minimum Gasteiger partial charge on any atom is -0.462 e. The zero-order valence-electron chi connectivity index (χ0n) is 12.2. The molecule has 0 amide bonds. The van der Waals surface area contributed by atoms with Crippen molar-refractivity contribution in [3.8, 4) is 0 Å². The molecular weight excluding hydrogens is 284 g/mol. The Labute approximate surface area is 128 Å².